The Morgan fingerprint density at radius 2 is 1.83 bits per heavy atom. The molecule has 0 aliphatic heterocycles. The second kappa shape index (κ2) is 7.37. The van der Waals surface area contributed by atoms with Crippen molar-refractivity contribution in [2.45, 2.75) is 19.1 Å². The molecule has 120 valence electrons. The fourth-order valence-corrected chi connectivity index (χ4v) is 5.08. The minimum absolute atomic E-state index is 0.317. The van der Waals surface area contributed by atoms with Gasteiger partial charge in [0.15, 0.2) is 0 Å². The lowest BCUT2D eigenvalue weighted by Crippen LogP contribution is -2.42. The summed E-state index contributed by atoms with van der Waals surface area (Å²) in [5.74, 6) is -0.673. The monoisotopic (exact) mass is 328 g/mol. The number of esters is 1. The van der Waals surface area contributed by atoms with Crippen LogP contribution in [0.1, 0.15) is 5.56 Å². The number of ether oxygens (including phenoxy) is 1. The van der Waals surface area contributed by atoms with Gasteiger partial charge in [-0.15, -0.1) is 0 Å². The maximum Gasteiger partial charge on any atom is 0.333 e. The number of rotatable bonds is 5. The zero-order valence-corrected chi connectivity index (χ0v) is 14.7. The lowest BCUT2D eigenvalue weighted by Gasteiger charge is -2.23. The topological polar surface area (TPSA) is 26.3 Å². The van der Waals surface area contributed by atoms with E-state index in [1.165, 1.54) is 24.4 Å². The van der Waals surface area contributed by atoms with Crippen LogP contribution in [0, 0.1) is 5.82 Å². The van der Waals surface area contributed by atoms with Gasteiger partial charge in [-0.05, 0) is 29.8 Å². The number of hydrogen-bond donors (Lipinski definition) is 0. The van der Waals surface area contributed by atoms with E-state index >= 15 is 0 Å². The first-order valence-electron chi connectivity index (χ1n) is 7.52. The molecule has 0 bridgehead atoms. The van der Waals surface area contributed by atoms with Crippen LogP contribution in [-0.2, 0) is 9.53 Å². The van der Waals surface area contributed by atoms with Crippen LogP contribution in [-0.4, -0.2) is 21.2 Å². The highest BCUT2D eigenvalue weighted by molar-refractivity contribution is 6.90. The Hall–Kier alpha value is -2.20. The van der Waals surface area contributed by atoms with Gasteiger partial charge in [0, 0.05) is 5.57 Å². The summed E-state index contributed by atoms with van der Waals surface area (Å²) >= 11 is 0. The van der Waals surface area contributed by atoms with E-state index in [1.54, 1.807) is 18.2 Å². The fourth-order valence-electron chi connectivity index (χ4n) is 2.58. The first-order valence-corrected chi connectivity index (χ1v) is 10.7. The van der Waals surface area contributed by atoms with Crippen LogP contribution < -0.4 is 5.19 Å². The molecular formula is C19H21FO2Si. The van der Waals surface area contributed by atoms with Gasteiger partial charge in [0.2, 0.25) is 0 Å². The number of methoxy groups -OCH3 is 1. The molecule has 0 atom stereocenters. The molecule has 0 heterocycles. The molecule has 0 saturated heterocycles. The first kappa shape index (κ1) is 17.2. The molecule has 0 saturated carbocycles. The van der Waals surface area contributed by atoms with E-state index in [2.05, 4.69) is 25.2 Å². The van der Waals surface area contributed by atoms with Crippen molar-refractivity contribution in [2.75, 3.05) is 7.11 Å². The van der Waals surface area contributed by atoms with E-state index < -0.39 is 8.07 Å². The minimum Gasteiger partial charge on any atom is -0.466 e. The van der Waals surface area contributed by atoms with Crippen molar-refractivity contribution in [3.8, 4) is 0 Å². The van der Waals surface area contributed by atoms with Crippen LogP contribution in [0.2, 0.25) is 19.1 Å². The molecule has 0 aliphatic carbocycles. The summed E-state index contributed by atoms with van der Waals surface area (Å²) in [5.41, 5.74) is 1.25. The predicted octanol–water partition coefficient (Wildman–Crippen LogP) is 4.00. The van der Waals surface area contributed by atoms with Crippen molar-refractivity contribution < 1.29 is 13.9 Å². The van der Waals surface area contributed by atoms with E-state index in [4.69, 9.17) is 4.74 Å². The van der Waals surface area contributed by atoms with Gasteiger partial charge in [0.1, 0.15) is 5.82 Å². The standard InChI is InChI=1S/C19H21FO2Si/c1-22-19(21)16(12-15-8-7-9-17(20)13-15)14-23(2,3)18-10-5-4-6-11-18/h4-13H,14H2,1-3H3/b16-12-. The van der Waals surface area contributed by atoms with E-state index in [-0.39, 0.29) is 11.8 Å². The van der Waals surface area contributed by atoms with Crippen LogP contribution in [0.15, 0.2) is 60.2 Å². The van der Waals surface area contributed by atoms with Crippen LogP contribution in [0.4, 0.5) is 4.39 Å². The molecule has 0 radical (unpaired) electrons. The van der Waals surface area contributed by atoms with Crippen molar-refractivity contribution >= 4 is 25.3 Å². The Kier molecular flexibility index (Phi) is 5.50. The molecule has 0 aromatic heterocycles. The van der Waals surface area contributed by atoms with Gasteiger partial charge in [0.05, 0.1) is 15.2 Å². The zero-order chi connectivity index (χ0) is 16.9. The summed E-state index contributed by atoms with van der Waals surface area (Å²) in [7, 11) is -0.478. The largest absolute Gasteiger partial charge is 0.466 e. The van der Waals surface area contributed by atoms with Gasteiger partial charge >= 0.3 is 5.97 Å². The molecule has 0 unspecified atom stereocenters. The number of hydrogen-bond acceptors (Lipinski definition) is 2. The molecule has 0 amide bonds. The smallest absolute Gasteiger partial charge is 0.333 e. The first-order chi connectivity index (χ1) is 10.9. The highest BCUT2D eigenvalue weighted by atomic mass is 28.3. The van der Waals surface area contributed by atoms with Crippen LogP contribution in [0.5, 0.6) is 0 Å². The van der Waals surface area contributed by atoms with Gasteiger partial charge in [-0.1, -0.05) is 60.7 Å². The second-order valence-corrected chi connectivity index (χ2v) is 10.8. The SMILES string of the molecule is COC(=O)/C(=C\c1cccc(F)c1)C[Si](C)(C)c1ccccc1. The van der Waals surface area contributed by atoms with E-state index in [0.717, 1.165) is 0 Å². The maximum atomic E-state index is 13.4. The zero-order valence-electron chi connectivity index (χ0n) is 13.7. The van der Waals surface area contributed by atoms with Crippen molar-refractivity contribution in [3.05, 3.63) is 71.6 Å². The molecule has 0 fully saturated rings. The van der Waals surface area contributed by atoms with Gasteiger partial charge in [-0.3, -0.25) is 0 Å². The highest BCUT2D eigenvalue weighted by Gasteiger charge is 2.27. The third-order valence-corrected chi connectivity index (χ3v) is 6.99. The lowest BCUT2D eigenvalue weighted by atomic mass is 10.1. The van der Waals surface area contributed by atoms with E-state index in [1.807, 2.05) is 18.2 Å². The number of halogens is 1. The summed E-state index contributed by atoms with van der Waals surface area (Å²) in [6.07, 6.45) is 1.73. The third-order valence-electron chi connectivity index (χ3n) is 3.82. The Morgan fingerprint density at radius 1 is 1.13 bits per heavy atom. The molecule has 2 nitrogen and oxygen atoms in total. The number of carbonyl (C=O) groups is 1. The van der Waals surface area contributed by atoms with E-state index in [0.29, 0.717) is 17.2 Å². The molecular weight excluding hydrogens is 307 g/mol. The summed E-state index contributed by atoms with van der Waals surface area (Å²) in [4.78, 5) is 12.1. The molecule has 0 N–H and O–H groups in total. The van der Waals surface area contributed by atoms with Crippen LogP contribution >= 0.6 is 0 Å². The number of carbonyl (C=O) groups excluding carboxylic acids is 1. The van der Waals surface area contributed by atoms with Gasteiger partial charge in [-0.25, -0.2) is 9.18 Å². The summed E-state index contributed by atoms with van der Waals surface area (Å²) in [6.45, 7) is 4.43. The van der Waals surface area contributed by atoms with Gasteiger partial charge in [-0.2, -0.15) is 0 Å². The minimum atomic E-state index is -1.85. The Morgan fingerprint density at radius 3 is 2.43 bits per heavy atom. The average Bonchev–Trinajstić information content (AvgIpc) is 2.54. The Balaban J connectivity index is 2.35. The summed E-state index contributed by atoms with van der Waals surface area (Å²) < 4.78 is 18.3. The van der Waals surface area contributed by atoms with Crippen LogP contribution in [0.3, 0.4) is 0 Å². The second-order valence-electron chi connectivity index (χ2n) is 6.14. The molecule has 2 rings (SSSR count). The van der Waals surface area contributed by atoms with Crippen molar-refractivity contribution in [3.63, 3.8) is 0 Å². The van der Waals surface area contributed by atoms with Crippen molar-refractivity contribution in [1.29, 1.82) is 0 Å². The third kappa shape index (κ3) is 4.63. The molecule has 0 spiro atoms. The average molecular weight is 328 g/mol. The molecule has 23 heavy (non-hydrogen) atoms. The van der Waals surface area contributed by atoms with Gasteiger partial charge < -0.3 is 4.74 Å². The predicted molar refractivity (Wildman–Crippen MR) is 94.8 cm³/mol. The Bertz CT molecular complexity index is 708. The van der Waals surface area contributed by atoms with Crippen molar-refractivity contribution in [2.24, 2.45) is 0 Å². The van der Waals surface area contributed by atoms with Crippen LogP contribution in [0.25, 0.3) is 6.08 Å². The highest BCUT2D eigenvalue weighted by Crippen LogP contribution is 2.21. The quantitative estimate of drug-likeness (QED) is 0.471. The lowest BCUT2D eigenvalue weighted by molar-refractivity contribution is -0.135. The number of benzene rings is 2. The van der Waals surface area contributed by atoms with E-state index in [9.17, 15) is 9.18 Å². The summed E-state index contributed by atoms with van der Waals surface area (Å²) in [6, 6.07) is 17.1. The molecule has 4 heteroatoms. The molecule has 0 aliphatic rings. The van der Waals surface area contributed by atoms with Crippen molar-refractivity contribution in [1.82, 2.24) is 0 Å². The summed E-state index contributed by atoms with van der Waals surface area (Å²) in [5, 5.41) is 1.27. The molecule has 2 aromatic carbocycles. The van der Waals surface area contributed by atoms with Gasteiger partial charge in [0.25, 0.3) is 0 Å². The molecule has 2 aromatic rings. The maximum absolute atomic E-state index is 13.4. The fraction of sp³-hybridized carbons (Fsp3) is 0.211. The normalized spacial score (nSPS) is 12.1. The Labute approximate surface area is 137 Å².